The number of amides is 1. The second-order valence-electron chi connectivity index (χ2n) is 8.20. The molecule has 1 aromatic carbocycles. The molecular weight excluding hydrogens is 463 g/mol. The Kier molecular flexibility index (Phi) is 10.8. The van der Waals surface area contributed by atoms with E-state index in [1.807, 2.05) is 19.9 Å². The molecule has 0 aliphatic carbocycles. The summed E-state index contributed by atoms with van der Waals surface area (Å²) in [7, 11) is -3.70. The maximum absolute atomic E-state index is 13.2. The van der Waals surface area contributed by atoms with Crippen LogP contribution in [0.15, 0.2) is 23.1 Å². The average molecular weight is 496 g/mol. The fourth-order valence-corrected chi connectivity index (χ4v) is 4.36. The Morgan fingerprint density at radius 3 is 2.15 bits per heavy atom. The fourth-order valence-electron chi connectivity index (χ4n) is 2.87. The van der Waals surface area contributed by atoms with E-state index in [9.17, 15) is 26.4 Å². The van der Waals surface area contributed by atoms with Crippen LogP contribution in [0.2, 0.25) is 0 Å². The lowest BCUT2D eigenvalue weighted by Gasteiger charge is -2.30. The summed E-state index contributed by atoms with van der Waals surface area (Å²) in [6.45, 7) is 11.0. The Balaban J connectivity index is 0.000000675. The van der Waals surface area contributed by atoms with Gasteiger partial charge in [-0.15, -0.1) is 0 Å². The van der Waals surface area contributed by atoms with E-state index in [0.29, 0.717) is 25.6 Å². The molecule has 1 amide bonds. The van der Waals surface area contributed by atoms with E-state index in [2.05, 4.69) is 19.2 Å². The normalized spacial score (nSPS) is 14.8. The molecular formula is C21H32F3N3O5S. The predicted molar refractivity (Wildman–Crippen MR) is 117 cm³/mol. The third-order valence-electron chi connectivity index (χ3n) is 5.10. The minimum Gasteiger partial charge on any atom is -0.475 e. The van der Waals surface area contributed by atoms with Crippen molar-refractivity contribution in [1.29, 1.82) is 0 Å². The van der Waals surface area contributed by atoms with Crippen molar-refractivity contribution in [1.82, 2.24) is 14.5 Å². The molecule has 0 atom stereocenters. The lowest BCUT2D eigenvalue weighted by Crippen LogP contribution is -2.50. The number of benzene rings is 1. The number of piperazine rings is 1. The van der Waals surface area contributed by atoms with Crippen LogP contribution < -0.4 is 5.32 Å². The number of halogens is 3. The summed E-state index contributed by atoms with van der Waals surface area (Å²) in [4.78, 5) is 23.5. The minimum absolute atomic E-state index is 0.0953. The van der Waals surface area contributed by atoms with Gasteiger partial charge in [0.1, 0.15) is 0 Å². The van der Waals surface area contributed by atoms with Crippen LogP contribution in [0, 0.1) is 19.8 Å². The quantitative estimate of drug-likeness (QED) is 0.602. The van der Waals surface area contributed by atoms with E-state index >= 15 is 0 Å². The number of carbonyl (C=O) groups excluding carboxylic acids is 1. The Morgan fingerprint density at radius 1 is 1.15 bits per heavy atom. The number of carbonyl (C=O) groups is 2. The molecule has 1 aromatic rings. The Labute approximate surface area is 192 Å². The summed E-state index contributed by atoms with van der Waals surface area (Å²) in [5, 5.41) is 10.3. The van der Waals surface area contributed by atoms with Crippen LogP contribution in [0.1, 0.15) is 31.4 Å². The zero-order chi connectivity index (χ0) is 25.4. The molecule has 0 spiro atoms. The summed E-state index contributed by atoms with van der Waals surface area (Å²) >= 11 is 0. The Hall–Kier alpha value is -2.18. The zero-order valence-corrected chi connectivity index (χ0v) is 20.1. The van der Waals surface area contributed by atoms with Crippen LogP contribution in [0.25, 0.3) is 0 Å². The molecule has 0 saturated carbocycles. The average Bonchev–Trinajstić information content (AvgIpc) is 2.72. The van der Waals surface area contributed by atoms with E-state index in [-0.39, 0.29) is 17.3 Å². The monoisotopic (exact) mass is 495 g/mol. The molecule has 8 nitrogen and oxygen atoms in total. The molecule has 2 N–H and O–H groups in total. The minimum atomic E-state index is -5.08. The number of hydrogen-bond donors (Lipinski definition) is 2. The van der Waals surface area contributed by atoms with Crippen molar-refractivity contribution < 1.29 is 36.3 Å². The summed E-state index contributed by atoms with van der Waals surface area (Å²) in [5.74, 6) is -2.52. The molecule has 188 valence electrons. The highest BCUT2D eigenvalue weighted by molar-refractivity contribution is 7.89. The van der Waals surface area contributed by atoms with Gasteiger partial charge in [-0.05, 0) is 49.4 Å². The maximum Gasteiger partial charge on any atom is 0.490 e. The Bertz CT molecular complexity index is 914. The van der Waals surface area contributed by atoms with E-state index in [4.69, 9.17) is 9.90 Å². The number of hydrogen-bond acceptors (Lipinski definition) is 5. The molecule has 1 fully saturated rings. The van der Waals surface area contributed by atoms with Crippen molar-refractivity contribution in [2.75, 3.05) is 39.3 Å². The van der Waals surface area contributed by atoms with Gasteiger partial charge in [0.15, 0.2) is 0 Å². The van der Waals surface area contributed by atoms with Crippen molar-refractivity contribution in [3.8, 4) is 0 Å². The van der Waals surface area contributed by atoms with Crippen LogP contribution in [-0.4, -0.2) is 80.1 Å². The fraction of sp³-hybridized carbons (Fsp3) is 0.619. The summed E-state index contributed by atoms with van der Waals surface area (Å²) in [6.07, 6.45) is -4.36. The highest BCUT2D eigenvalue weighted by Gasteiger charge is 2.38. The standard InChI is InChI=1S/C19H31N3O3S.C2HF3O2/c1-15(2)7-10-22(14-19(23)21-11-8-20-9-12-21)26(24,25)18-6-5-16(3)17(4)13-18;3-2(4,5)1(6)7/h5-6,13,15,20H,7-12,14H2,1-4H3;(H,6,7). The number of sulfonamides is 1. The van der Waals surface area contributed by atoms with E-state index in [1.54, 1.807) is 17.0 Å². The number of carboxylic acids is 1. The number of rotatable bonds is 7. The van der Waals surface area contributed by atoms with Gasteiger partial charge in [0.05, 0.1) is 11.4 Å². The number of carboxylic acid groups (broad SMARTS) is 1. The first-order chi connectivity index (χ1) is 15.2. The van der Waals surface area contributed by atoms with Crippen molar-refractivity contribution in [2.24, 2.45) is 5.92 Å². The van der Waals surface area contributed by atoms with E-state index in [1.165, 1.54) is 4.31 Å². The number of aliphatic carboxylic acids is 1. The molecule has 0 bridgehead atoms. The second kappa shape index (κ2) is 12.3. The number of alkyl halides is 3. The van der Waals surface area contributed by atoms with Gasteiger partial charge in [-0.3, -0.25) is 4.79 Å². The van der Waals surface area contributed by atoms with Crippen LogP contribution in [0.5, 0.6) is 0 Å². The van der Waals surface area contributed by atoms with Crippen molar-refractivity contribution in [3.05, 3.63) is 29.3 Å². The molecule has 0 radical (unpaired) electrons. The maximum atomic E-state index is 13.2. The Morgan fingerprint density at radius 2 is 1.70 bits per heavy atom. The largest absolute Gasteiger partial charge is 0.490 e. The van der Waals surface area contributed by atoms with Crippen LogP contribution in [-0.2, 0) is 19.6 Å². The summed E-state index contributed by atoms with van der Waals surface area (Å²) in [5.41, 5.74) is 1.98. The molecule has 1 aliphatic heterocycles. The van der Waals surface area contributed by atoms with Crippen molar-refractivity contribution in [2.45, 2.75) is 45.2 Å². The first kappa shape index (κ1) is 28.9. The molecule has 12 heteroatoms. The van der Waals surface area contributed by atoms with Gasteiger partial charge < -0.3 is 15.3 Å². The number of nitrogens with one attached hydrogen (secondary N) is 1. The SMILES string of the molecule is Cc1ccc(S(=O)(=O)N(CCC(C)C)CC(=O)N2CCNCC2)cc1C.O=C(O)C(F)(F)F. The van der Waals surface area contributed by atoms with Gasteiger partial charge in [-0.1, -0.05) is 19.9 Å². The molecule has 2 rings (SSSR count). The van der Waals surface area contributed by atoms with Gasteiger partial charge in [0.25, 0.3) is 0 Å². The van der Waals surface area contributed by atoms with Gasteiger partial charge in [0.2, 0.25) is 15.9 Å². The molecule has 1 saturated heterocycles. The molecule has 1 aliphatic rings. The lowest BCUT2D eigenvalue weighted by molar-refractivity contribution is -0.192. The second-order valence-corrected chi connectivity index (χ2v) is 10.1. The van der Waals surface area contributed by atoms with Gasteiger partial charge >= 0.3 is 12.1 Å². The molecule has 0 aromatic heterocycles. The zero-order valence-electron chi connectivity index (χ0n) is 19.3. The predicted octanol–water partition coefficient (Wildman–Crippen LogP) is 2.41. The first-order valence-corrected chi connectivity index (χ1v) is 12.0. The molecule has 0 unspecified atom stereocenters. The highest BCUT2D eigenvalue weighted by atomic mass is 32.2. The topological polar surface area (TPSA) is 107 Å². The lowest BCUT2D eigenvalue weighted by atomic mass is 10.1. The van der Waals surface area contributed by atoms with E-state index < -0.39 is 22.2 Å². The summed E-state index contributed by atoms with van der Waals surface area (Å²) < 4.78 is 59.4. The summed E-state index contributed by atoms with van der Waals surface area (Å²) in [6, 6.07) is 5.15. The molecule has 33 heavy (non-hydrogen) atoms. The third kappa shape index (κ3) is 9.30. The molecule has 1 heterocycles. The smallest absolute Gasteiger partial charge is 0.475 e. The van der Waals surface area contributed by atoms with Crippen molar-refractivity contribution in [3.63, 3.8) is 0 Å². The number of aryl methyl sites for hydroxylation is 2. The van der Waals surface area contributed by atoms with Crippen LogP contribution in [0.4, 0.5) is 13.2 Å². The first-order valence-electron chi connectivity index (χ1n) is 10.5. The van der Waals surface area contributed by atoms with Gasteiger partial charge in [-0.25, -0.2) is 13.2 Å². The van der Waals surface area contributed by atoms with Crippen LogP contribution >= 0.6 is 0 Å². The van der Waals surface area contributed by atoms with E-state index in [0.717, 1.165) is 30.6 Å². The van der Waals surface area contributed by atoms with Crippen LogP contribution in [0.3, 0.4) is 0 Å². The van der Waals surface area contributed by atoms with Crippen molar-refractivity contribution >= 4 is 21.9 Å². The third-order valence-corrected chi connectivity index (χ3v) is 6.94. The van der Waals surface area contributed by atoms with Gasteiger partial charge in [-0.2, -0.15) is 17.5 Å². The highest BCUT2D eigenvalue weighted by Crippen LogP contribution is 2.20. The number of nitrogens with zero attached hydrogens (tertiary/aromatic N) is 2. The van der Waals surface area contributed by atoms with Gasteiger partial charge in [0, 0.05) is 32.7 Å².